The van der Waals surface area contributed by atoms with Gasteiger partial charge < -0.3 is 13.6 Å². The fraction of sp³-hybridized carbons (Fsp3) is 0.143. The van der Waals surface area contributed by atoms with Crippen molar-refractivity contribution in [2.24, 2.45) is 0 Å². The van der Waals surface area contributed by atoms with E-state index < -0.39 is 7.82 Å². The predicted molar refractivity (Wildman–Crippen MR) is 110 cm³/mol. The van der Waals surface area contributed by atoms with Crippen LogP contribution in [0.25, 0.3) is 0 Å². The number of para-hydroxylation sites is 3. The monoisotopic (exact) mass is 396 g/mol. The fourth-order valence-corrected chi connectivity index (χ4v) is 3.84. The Morgan fingerprint density at radius 2 is 0.852 bits per heavy atom. The van der Waals surface area contributed by atoms with Crippen molar-refractivity contribution in [2.45, 2.75) is 20.8 Å². The molecule has 0 atom stereocenters. The lowest BCUT2D eigenvalue weighted by atomic mass is 10.2. The summed E-state index contributed by atoms with van der Waals surface area (Å²) in [5.41, 5.74) is 2.53. The number of rotatable bonds is 6. The van der Waals surface area contributed by atoms with E-state index in [4.69, 9.17) is 13.6 Å². The lowest BCUT2D eigenvalue weighted by molar-refractivity contribution is 0.296. The molecule has 3 rings (SSSR count). The van der Waals surface area contributed by atoms with Gasteiger partial charge in [-0.1, -0.05) is 54.6 Å². The molecule has 0 unspecified atom stereocenters. The molecule has 137 valence electrons. The first-order valence-electron chi connectivity index (χ1n) is 8.32. The minimum absolute atomic E-state index is 0. The number of hydrogen-bond donors (Lipinski definition) is 0. The Morgan fingerprint density at radius 1 is 0.593 bits per heavy atom. The van der Waals surface area contributed by atoms with Gasteiger partial charge in [-0.3, -0.25) is 0 Å². The van der Waals surface area contributed by atoms with Gasteiger partial charge in [0.1, 0.15) is 17.2 Å². The van der Waals surface area contributed by atoms with Crippen LogP contribution in [-0.4, -0.2) is 17.4 Å². The van der Waals surface area contributed by atoms with Crippen LogP contribution in [0.2, 0.25) is 0 Å². The molecule has 0 saturated heterocycles. The summed E-state index contributed by atoms with van der Waals surface area (Å²) in [4.78, 5) is 0. The lowest BCUT2D eigenvalue weighted by Gasteiger charge is -2.21. The second-order valence-corrected chi connectivity index (χ2v) is 7.46. The molecule has 0 aliphatic rings. The highest BCUT2D eigenvalue weighted by molar-refractivity contribution is 7.49. The molecule has 4 nitrogen and oxygen atoms in total. The zero-order valence-electron chi connectivity index (χ0n) is 16.6. The van der Waals surface area contributed by atoms with Crippen LogP contribution in [0.3, 0.4) is 0 Å². The highest BCUT2D eigenvalue weighted by Crippen LogP contribution is 2.51. The van der Waals surface area contributed by atoms with Crippen LogP contribution in [0.15, 0.2) is 72.8 Å². The van der Waals surface area contributed by atoms with E-state index >= 15 is 0 Å². The maximum atomic E-state index is 13.5. The summed E-state index contributed by atoms with van der Waals surface area (Å²) in [6.45, 7) is 5.63. The van der Waals surface area contributed by atoms with Gasteiger partial charge in [-0.2, -0.15) is 4.57 Å². The molecule has 0 amide bonds. The van der Waals surface area contributed by atoms with Crippen molar-refractivity contribution in [3.8, 4) is 17.2 Å². The third-order valence-electron chi connectivity index (χ3n) is 3.91. The smallest absolute Gasteiger partial charge is 0.386 e. The number of phosphoric acid groups is 1. The van der Waals surface area contributed by atoms with Gasteiger partial charge in [0.05, 0.1) is 0 Å². The highest BCUT2D eigenvalue weighted by atomic mass is 31.2. The molecule has 3 radical (unpaired) electrons. The maximum Gasteiger partial charge on any atom is 1.00 e. The van der Waals surface area contributed by atoms with Gasteiger partial charge in [0.15, 0.2) is 0 Å². The van der Waals surface area contributed by atoms with Crippen molar-refractivity contribution < 1.29 is 19.6 Å². The van der Waals surface area contributed by atoms with E-state index in [-0.39, 0.29) is 18.8 Å². The number of aryl methyl sites for hydroxylation is 3. The summed E-state index contributed by atoms with van der Waals surface area (Å²) in [5, 5.41) is 0. The summed E-state index contributed by atoms with van der Waals surface area (Å²) < 4.78 is 30.8. The molecule has 27 heavy (non-hydrogen) atoms. The Morgan fingerprint density at radius 3 is 1.11 bits per heavy atom. The summed E-state index contributed by atoms with van der Waals surface area (Å²) >= 11 is 0. The van der Waals surface area contributed by atoms with Crippen LogP contribution in [-0.2, 0) is 4.57 Å². The Balaban J connectivity index is 0.00000196. The van der Waals surface area contributed by atoms with Crippen LogP contribution in [0.5, 0.6) is 17.2 Å². The summed E-state index contributed by atoms with van der Waals surface area (Å²) in [6, 6.07) is 22.0. The summed E-state index contributed by atoms with van der Waals surface area (Å²) in [6.07, 6.45) is 0. The molecule has 3 aromatic carbocycles. The molecule has 0 bridgehead atoms. The second kappa shape index (κ2) is 9.15. The van der Waals surface area contributed by atoms with Crippen LogP contribution in [0.4, 0.5) is 0 Å². The van der Waals surface area contributed by atoms with Crippen molar-refractivity contribution >= 4 is 25.2 Å². The molecule has 6 heteroatoms. The van der Waals surface area contributed by atoms with Gasteiger partial charge in [0.25, 0.3) is 0 Å². The number of phosphoric ester groups is 1. The van der Waals surface area contributed by atoms with Crippen molar-refractivity contribution in [3.05, 3.63) is 89.5 Å². The zero-order valence-corrected chi connectivity index (χ0v) is 17.6. The minimum Gasteiger partial charge on any atom is -0.386 e. The van der Waals surface area contributed by atoms with Crippen molar-refractivity contribution in [1.29, 1.82) is 0 Å². The van der Waals surface area contributed by atoms with Crippen molar-refractivity contribution in [2.75, 3.05) is 0 Å². The fourth-order valence-electron chi connectivity index (χ4n) is 2.39. The standard InChI is InChI=1S/C21H21O4P.Al/c1-16-10-4-7-13-19(16)23-26(22,24-20-14-8-5-11-17(20)2)25-21-15-9-6-12-18(21)3;/h4-15H,1-3H3;/p+1. The third kappa shape index (κ3) is 5.40. The van der Waals surface area contributed by atoms with E-state index in [0.717, 1.165) is 16.7 Å². The molecule has 0 aromatic heterocycles. The Bertz CT molecular complexity index is 842. The quantitative estimate of drug-likeness (QED) is 0.379. The Hall–Kier alpha value is -2.18. The molecular weight excluding hydrogens is 374 g/mol. The molecule has 3 aromatic rings. The van der Waals surface area contributed by atoms with E-state index in [2.05, 4.69) is 0 Å². The number of hydrogen-bond acceptors (Lipinski definition) is 4. The molecule has 0 aliphatic carbocycles. The third-order valence-corrected chi connectivity index (χ3v) is 5.17. The van der Waals surface area contributed by atoms with E-state index in [1.54, 1.807) is 18.2 Å². The van der Waals surface area contributed by atoms with Gasteiger partial charge in [-0.05, 0) is 55.7 Å². The normalized spacial score (nSPS) is 10.6. The average Bonchev–Trinajstić information content (AvgIpc) is 2.61. The van der Waals surface area contributed by atoms with Crippen molar-refractivity contribution in [3.63, 3.8) is 0 Å². The first-order chi connectivity index (χ1) is 12.5. The number of benzene rings is 3. The van der Waals surface area contributed by atoms with Gasteiger partial charge >= 0.3 is 9.25 Å². The van der Waals surface area contributed by atoms with Crippen LogP contribution < -0.4 is 13.6 Å². The van der Waals surface area contributed by atoms with Gasteiger partial charge in [0.2, 0.25) is 0 Å². The lowest BCUT2D eigenvalue weighted by Crippen LogP contribution is -2.09. The van der Waals surface area contributed by atoms with E-state index in [1.165, 1.54) is 0 Å². The Labute approximate surface area is 172 Å². The molecule has 0 aliphatic heterocycles. The first kappa shape index (κ1) is 21.1. The zero-order chi connectivity index (χ0) is 18.6. The van der Waals surface area contributed by atoms with Crippen LogP contribution in [0.1, 0.15) is 18.1 Å². The maximum absolute atomic E-state index is 13.5. The van der Waals surface area contributed by atoms with Crippen molar-refractivity contribution in [1.82, 2.24) is 0 Å². The van der Waals surface area contributed by atoms with Gasteiger partial charge in [-0.25, -0.2) is 0 Å². The van der Waals surface area contributed by atoms with E-state index in [0.29, 0.717) is 17.2 Å². The summed E-state index contributed by atoms with van der Waals surface area (Å²) in [5.74, 6) is 1.37. The second-order valence-electron chi connectivity index (χ2n) is 6.02. The summed E-state index contributed by atoms with van der Waals surface area (Å²) in [7, 11) is -3.97. The SMILES string of the molecule is Cc1ccccc1OP(=O)(Oc1ccccc1C)Oc1ccccc1C.[Al].[H+]. The van der Waals surface area contributed by atoms with Gasteiger partial charge in [0, 0.05) is 17.4 Å². The van der Waals surface area contributed by atoms with E-state index in [1.807, 2.05) is 75.4 Å². The largest absolute Gasteiger partial charge is 1.00 e. The minimum atomic E-state index is -3.97. The molecule has 0 N–H and O–H groups in total. The highest BCUT2D eigenvalue weighted by Gasteiger charge is 2.34. The van der Waals surface area contributed by atoms with E-state index in [9.17, 15) is 4.57 Å². The molecular formula is C21H22AlO4P+. The first-order valence-corrected chi connectivity index (χ1v) is 9.79. The van der Waals surface area contributed by atoms with Gasteiger partial charge in [-0.15, -0.1) is 0 Å². The molecule has 0 fully saturated rings. The molecule has 0 heterocycles. The Kier molecular flexibility index (Phi) is 7.16. The molecule has 0 saturated carbocycles. The average molecular weight is 396 g/mol. The topological polar surface area (TPSA) is 44.8 Å². The molecule has 0 spiro atoms. The predicted octanol–water partition coefficient (Wildman–Crippen LogP) is 5.99. The van der Waals surface area contributed by atoms with Crippen LogP contribution >= 0.6 is 7.82 Å². The van der Waals surface area contributed by atoms with Crippen LogP contribution in [0, 0.1) is 20.8 Å².